The molecule has 1 heterocycles. The first-order valence-corrected chi connectivity index (χ1v) is 16.3. The highest BCUT2D eigenvalue weighted by Gasteiger charge is 2.32. The molecule has 1 aliphatic heterocycles. The van der Waals surface area contributed by atoms with Gasteiger partial charge in [-0.05, 0) is 80.1 Å². The maximum absolute atomic E-state index is 13.0. The highest BCUT2D eigenvalue weighted by molar-refractivity contribution is 7.92. The van der Waals surface area contributed by atoms with Gasteiger partial charge in [0.25, 0.3) is 10.0 Å². The number of rotatable bonds is 11. The summed E-state index contributed by atoms with van der Waals surface area (Å²) in [7, 11) is -5.91. The van der Waals surface area contributed by atoms with E-state index >= 15 is 0 Å². The predicted octanol–water partition coefficient (Wildman–Crippen LogP) is 4.42. The summed E-state index contributed by atoms with van der Waals surface area (Å²) in [6.45, 7) is 2.39. The number of hydrogen-bond acceptors (Lipinski definition) is 6. The Morgan fingerprint density at radius 1 is 1.00 bits per heavy atom. The summed E-state index contributed by atoms with van der Waals surface area (Å²) in [6, 6.07) is 20.8. The summed E-state index contributed by atoms with van der Waals surface area (Å²) in [5.74, 6) is -0.342. The highest BCUT2D eigenvalue weighted by atomic mass is 32.2. The van der Waals surface area contributed by atoms with Gasteiger partial charge >= 0.3 is 0 Å². The highest BCUT2D eigenvalue weighted by Crippen LogP contribution is 2.28. The van der Waals surface area contributed by atoms with Crippen molar-refractivity contribution in [1.82, 2.24) is 4.31 Å². The standard InChI is InChI=1S/C29H35N3O6S2/c1-22-12-17-28(38-2)27(20-22)31-40(36,37)26-15-13-25(14-16-26)30-29(33)24-11-6-18-32(21-24)39(34,35)19-7-10-23-8-4-3-5-9-23/h3-5,8-9,12-17,20,24,31H,6-7,10-11,18-19,21H2,1-2H3,(H,30,33). The van der Waals surface area contributed by atoms with Gasteiger partial charge in [0.05, 0.1) is 29.4 Å². The monoisotopic (exact) mass is 585 g/mol. The van der Waals surface area contributed by atoms with E-state index in [1.165, 1.54) is 35.7 Å². The number of aryl methyl sites for hydroxylation is 2. The Balaban J connectivity index is 1.34. The normalized spacial score (nSPS) is 16.3. The number of ether oxygens (including phenoxy) is 1. The number of nitrogens with zero attached hydrogens (tertiary/aromatic N) is 1. The van der Waals surface area contributed by atoms with Crippen LogP contribution in [-0.2, 0) is 31.3 Å². The Bertz CT molecular complexity index is 1530. The lowest BCUT2D eigenvalue weighted by molar-refractivity contribution is -0.120. The molecule has 1 saturated heterocycles. The minimum absolute atomic E-state index is 0.0273. The summed E-state index contributed by atoms with van der Waals surface area (Å²) >= 11 is 0. The van der Waals surface area contributed by atoms with Crippen molar-refractivity contribution < 1.29 is 26.4 Å². The molecule has 4 rings (SSSR count). The minimum Gasteiger partial charge on any atom is -0.495 e. The summed E-state index contributed by atoms with van der Waals surface area (Å²) in [6.07, 6.45) is 2.37. The van der Waals surface area contributed by atoms with Crippen molar-refractivity contribution in [2.24, 2.45) is 5.92 Å². The molecular weight excluding hydrogens is 550 g/mol. The van der Waals surface area contributed by atoms with Crippen LogP contribution in [0.25, 0.3) is 0 Å². The van der Waals surface area contributed by atoms with Crippen molar-refractivity contribution in [3.8, 4) is 5.75 Å². The number of amides is 1. The SMILES string of the molecule is COc1ccc(C)cc1NS(=O)(=O)c1ccc(NC(=O)C2CCCN(S(=O)(=O)CCCc3ccccc3)C2)cc1. The molecule has 1 amide bonds. The van der Waals surface area contributed by atoms with Crippen molar-refractivity contribution in [3.63, 3.8) is 0 Å². The van der Waals surface area contributed by atoms with Gasteiger partial charge in [0.15, 0.2) is 0 Å². The molecule has 0 spiro atoms. The second kappa shape index (κ2) is 12.8. The van der Waals surface area contributed by atoms with E-state index in [1.807, 2.05) is 43.3 Å². The van der Waals surface area contributed by atoms with Crippen LogP contribution in [0.5, 0.6) is 5.75 Å². The predicted molar refractivity (Wildman–Crippen MR) is 156 cm³/mol. The molecule has 1 fully saturated rings. The maximum atomic E-state index is 13.0. The Kier molecular flexibility index (Phi) is 9.49. The second-order valence-electron chi connectivity index (χ2n) is 9.93. The van der Waals surface area contributed by atoms with Crippen molar-refractivity contribution in [2.45, 2.75) is 37.5 Å². The van der Waals surface area contributed by atoms with Gasteiger partial charge in [-0.15, -0.1) is 0 Å². The summed E-state index contributed by atoms with van der Waals surface area (Å²) in [5, 5.41) is 2.81. The number of piperidine rings is 1. The Morgan fingerprint density at radius 3 is 2.42 bits per heavy atom. The number of anilines is 2. The first-order chi connectivity index (χ1) is 19.1. The first-order valence-electron chi connectivity index (χ1n) is 13.2. The number of hydrogen-bond donors (Lipinski definition) is 2. The van der Waals surface area contributed by atoms with Gasteiger partial charge in [-0.1, -0.05) is 36.4 Å². The summed E-state index contributed by atoms with van der Waals surface area (Å²) in [5.41, 5.74) is 2.73. The average Bonchev–Trinajstić information content (AvgIpc) is 2.94. The third-order valence-electron chi connectivity index (χ3n) is 6.89. The summed E-state index contributed by atoms with van der Waals surface area (Å²) in [4.78, 5) is 13.0. The third-order valence-corrected chi connectivity index (χ3v) is 10.2. The fraction of sp³-hybridized carbons (Fsp3) is 0.345. The largest absolute Gasteiger partial charge is 0.495 e. The van der Waals surface area contributed by atoms with E-state index in [1.54, 1.807) is 12.1 Å². The van der Waals surface area contributed by atoms with Crippen LogP contribution in [-0.4, -0.2) is 53.0 Å². The molecule has 0 aromatic heterocycles. The van der Waals surface area contributed by atoms with E-state index in [4.69, 9.17) is 4.74 Å². The van der Waals surface area contributed by atoms with E-state index in [9.17, 15) is 21.6 Å². The fourth-order valence-corrected chi connectivity index (χ4v) is 7.35. The van der Waals surface area contributed by atoms with Crippen LogP contribution in [0.3, 0.4) is 0 Å². The van der Waals surface area contributed by atoms with Crippen LogP contribution in [0.2, 0.25) is 0 Å². The lowest BCUT2D eigenvalue weighted by Gasteiger charge is -2.31. The van der Waals surface area contributed by atoms with Crippen molar-refractivity contribution in [2.75, 3.05) is 36.0 Å². The molecule has 214 valence electrons. The molecule has 40 heavy (non-hydrogen) atoms. The van der Waals surface area contributed by atoms with E-state index in [-0.39, 0.29) is 23.1 Å². The number of benzene rings is 3. The van der Waals surface area contributed by atoms with Crippen molar-refractivity contribution >= 4 is 37.3 Å². The topological polar surface area (TPSA) is 122 Å². The molecule has 9 nitrogen and oxygen atoms in total. The number of nitrogens with one attached hydrogen (secondary N) is 2. The molecule has 2 N–H and O–H groups in total. The van der Waals surface area contributed by atoms with E-state index < -0.39 is 26.0 Å². The second-order valence-corrected chi connectivity index (χ2v) is 13.7. The smallest absolute Gasteiger partial charge is 0.262 e. The molecule has 3 aromatic rings. The van der Waals surface area contributed by atoms with Crippen molar-refractivity contribution in [3.05, 3.63) is 83.9 Å². The van der Waals surface area contributed by atoms with Gasteiger partial charge < -0.3 is 10.1 Å². The Morgan fingerprint density at radius 2 is 1.73 bits per heavy atom. The van der Waals surface area contributed by atoms with Gasteiger partial charge in [0.1, 0.15) is 5.75 Å². The molecule has 0 aliphatic carbocycles. The van der Waals surface area contributed by atoms with Crippen molar-refractivity contribution in [1.29, 1.82) is 0 Å². The summed E-state index contributed by atoms with van der Waals surface area (Å²) < 4.78 is 61.0. The molecule has 1 atom stereocenters. The van der Waals surface area contributed by atoms with Gasteiger partial charge in [0.2, 0.25) is 15.9 Å². The molecule has 0 radical (unpaired) electrons. The zero-order chi connectivity index (χ0) is 28.8. The minimum atomic E-state index is -3.89. The first kappa shape index (κ1) is 29.6. The van der Waals surface area contributed by atoms with Gasteiger partial charge in [-0.2, -0.15) is 0 Å². The fourth-order valence-electron chi connectivity index (χ4n) is 4.71. The van der Waals surface area contributed by atoms with Crippen LogP contribution >= 0.6 is 0 Å². The number of carbonyl (C=O) groups is 1. The molecule has 11 heteroatoms. The number of methoxy groups -OCH3 is 1. The molecule has 0 bridgehead atoms. The Hall–Kier alpha value is -3.41. The molecule has 0 saturated carbocycles. The Labute approximate surface area is 236 Å². The van der Waals surface area contributed by atoms with Crippen LogP contribution < -0.4 is 14.8 Å². The lowest BCUT2D eigenvalue weighted by Crippen LogP contribution is -2.44. The van der Waals surface area contributed by atoms with E-state index in [2.05, 4.69) is 10.0 Å². The van der Waals surface area contributed by atoms with E-state index in [0.717, 1.165) is 11.1 Å². The third kappa shape index (κ3) is 7.61. The van der Waals surface area contributed by atoms with Crippen LogP contribution in [0.15, 0.2) is 77.7 Å². The zero-order valence-corrected chi connectivity index (χ0v) is 24.3. The van der Waals surface area contributed by atoms with Crippen LogP contribution in [0.1, 0.15) is 30.4 Å². The molecule has 3 aromatic carbocycles. The van der Waals surface area contributed by atoms with Gasteiger partial charge in [-0.3, -0.25) is 9.52 Å². The van der Waals surface area contributed by atoms with Crippen LogP contribution in [0, 0.1) is 12.8 Å². The maximum Gasteiger partial charge on any atom is 0.262 e. The molecular formula is C29H35N3O6S2. The average molecular weight is 586 g/mol. The number of sulfonamides is 2. The molecule has 1 aliphatic rings. The van der Waals surface area contributed by atoms with Crippen LogP contribution in [0.4, 0.5) is 11.4 Å². The van der Waals surface area contributed by atoms with E-state index in [0.29, 0.717) is 49.4 Å². The van der Waals surface area contributed by atoms with Gasteiger partial charge in [-0.25, -0.2) is 21.1 Å². The molecule has 1 unspecified atom stereocenters. The number of carbonyl (C=O) groups excluding carboxylic acids is 1. The van der Waals surface area contributed by atoms with Gasteiger partial charge in [0, 0.05) is 18.8 Å². The lowest BCUT2D eigenvalue weighted by atomic mass is 9.99. The quantitative estimate of drug-likeness (QED) is 0.344. The zero-order valence-electron chi connectivity index (χ0n) is 22.7.